The summed E-state index contributed by atoms with van der Waals surface area (Å²) in [5, 5.41) is 9.32. The minimum absolute atomic E-state index is 0.0673. The maximum absolute atomic E-state index is 12.3. The van der Waals surface area contributed by atoms with Gasteiger partial charge in [0.2, 0.25) is 11.8 Å². The van der Waals surface area contributed by atoms with Crippen molar-refractivity contribution < 1.29 is 9.59 Å². The van der Waals surface area contributed by atoms with Crippen LogP contribution in [0.1, 0.15) is 30.4 Å². The number of halogens is 1. The monoisotopic (exact) mass is 428 g/mol. The number of benzene rings is 2. The highest BCUT2D eigenvalue weighted by Crippen LogP contribution is 2.31. The molecule has 6 nitrogen and oxygen atoms in total. The number of hydrogen-bond acceptors (Lipinski definition) is 4. The Morgan fingerprint density at radius 1 is 0.967 bits per heavy atom. The summed E-state index contributed by atoms with van der Waals surface area (Å²) >= 11 is 6.16. The molecule has 0 spiro atoms. The molecule has 0 unspecified atom stereocenters. The molecule has 1 saturated heterocycles. The lowest BCUT2D eigenvalue weighted by Gasteiger charge is -2.30. The number of carbonyl (C=O) groups excluding carboxylic acids is 2. The molecule has 3 N–H and O–H groups in total. The Morgan fingerprint density at radius 2 is 1.67 bits per heavy atom. The van der Waals surface area contributed by atoms with Crippen molar-refractivity contribution in [3.63, 3.8) is 0 Å². The van der Waals surface area contributed by atoms with E-state index >= 15 is 0 Å². The van der Waals surface area contributed by atoms with Crippen LogP contribution in [0.4, 0.5) is 17.1 Å². The van der Waals surface area contributed by atoms with E-state index in [4.69, 9.17) is 11.6 Å². The highest BCUT2D eigenvalue weighted by Gasteiger charge is 2.16. The topological polar surface area (TPSA) is 73.5 Å². The molecule has 2 aromatic rings. The summed E-state index contributed by atoms with van der Waals surface area (Å²) in [5.74, 6) is -0.506. The molecule has 0 atom stereocenters. The number of aryl methyl sites for hydroxylation is 2. The van der Waals surface area contributed by atoms with E-state index < -0.39 is 0 Å². The van der Waals surface area contributed by atoms with Crippen molar-refractivity contribution in [3.05, 3.63) is 52.5 Å². The van der Waals surface area contributed by atoms with E-state index in [1.807, 2.05) is 50.2 Å². The number of piperidine rings is 1. The molecule has 30 heavy (non-hydrogen) atoms. The second-order valence-corrected chi connectivity index (χ2v) is 8.09. The van der Waals surface area contributed by atoms with Crippen LogP contribution in [-0.4, -0.2) is 38.0 Å². The third kappa shape index (κ3) is 5.89. The SMILES string of the molecule is Cc1cccc(C)c1NC(=O)CNC(=O)CNc1cc(Cl)ccc1N1CCCCC1. The summed E-state index contributed by atoms with van der Waals surface area (Å²) < 4.78 is 0. The maximum atomic E-state index is 12.3. The van der Waals surface area contributed by atoms with Crippen LogP contribution in [-0.2, 0) is 9.59 Å². The smallest absolute Gasteiger partial charge is 0.243 e. The first kappa shape index (κ1) is 22.0. The van der Waals surface area contributed by atoms with Crippen molar-refractivity contribution in [2.45, 2.75) is 33.1 Å². The van der Waals surface area contributed by atoms with Gasteiger partial charge >= 0.3 is 0 Å². The third-order valence-electron chi connectivity index (χ3n) is 5.29. The van der Waals surface area contributed by atoms with Gasteiger partial charge in [0.05, 0.1) is 24.5 Å². The Labute approximate surface area is 183 Å². The van der Waals surface area contributed by atoms with Crippen LogP contribution in [0.2, 0.25) is 5.02 Å². The molecule has 1 fully saturated rings. The molecule has 160 valence electrons. The van der Waals surface area contributed by atoms with Crippen LogP contribution in [0.15, 0.2) is 36.4 Å². The van der Waals surface area contributed by atoms with Crippen LogP contribution in [0.3, 0.4) is 0 Å². The van der Waals surface area contributed by atoms with Crippen molar-refractivity contribution >= 4 is 40.5 Å². The third-order valence-corrected chi connectivity index (χ3v) is 5.52. The van der Waals surface area contributed by atoms with Gasteiger partial charge in [0.1, 0.15) is 0 Å². The van der Waals surface area contributed by atoms with Gasteiger partial charge in [-0.3, -0.25) is 9.59 Å². The lowest BCUT2D eigenvalue weighted by Crippen LogP contribution is -2.37. The molecular formula is C23H29ClN4O2. The van der Waals surface area contributed by atoms with Crippen molar-refractivity contribution in [1.29, 1.82) is 0 Å². The Morgan fingerprint density at radius 3 is 2.37 bits per heavy atom. The molecule has 2 aromatic carbocycles. The normalized spacial score (nSPS) is 13.6. The number of amides is 2. The number of nitrogens with zero attached hydrogens (tertiary/aromatic N) is 1. The molecule has 0 radical (unpaired) electrons. The predicted molar refractivity (Wildman–Crippen MR) is 124 cm³/mol. The van der Waals surface area contributed by atoms with Gasteiger partial charge < -0.3 is 20.9 Å². The van der Waals surface area contributed by atoms with Gasteiger partial charge in [-0.2, -0.15) is 0 Å². The van der Waals surface area contributed by atoms with Gasteiger partial charge in [0.25, 0.3) is 0 Å². The Balaban J connectivity index is 1.52. The quantitative estimate of drug-likeness (QED) is 0.620. The first-order chi connectivity index (χ1) is 14.4. The van der Waals surface area contributed by atoms with E-state index in [2.05, 4.69) is 20.9 Å². The first-order valence-electron chi connectivity index (χ1n) is 10.3. The van der Waals surface area contributed by atoms with Gasteiger partial charge in [-0.1, -0.05) is 29.8 Å². The molecule has 7 heteroatoms. The number of anilines is 3. The summed E-state index contributed by atoms with van der Waals surface area (Å²) in [4.78, 5) is 26.8. The zero-order chi connectivity index (χ0) is 21.5. The fourth-order valence-corrected chi connectivity index (χ4v) is 3.84. The molecule has 1 aliphatic rings. The van der Waals surface area contributed by atoms with E-state index in [1.54, 1.807) is 0 Å². The molecule has 0 saturated carbocycles. The second-order valence-electron chi connectivity index (χ2n) is 7.65. The minimum Gasteiger partial charge on any atom is -0.374 e. The maximum Gasteiger partial charge on any atom is 0.243 e. The van der Waals surface area contributed by atoms with Crippen molar-refractivity contribution in [3.8, 4) is 0 Å². The Hall–Kier alpha value is -2.73. The molecule has 0 aliphatic carbocycles. The summed E-state index contributed by atoms with van der Waals surface area (Å²) in [5.41, 5.74) is 4.66. The van der Waals surface area contributed by atoms with E-state index in [-0.39, 0.29) is 24.9 Å². The van der Waals surface area contributed by atoms with Crippen LogP contribution < -0.4 is 20.9 Å². The highest BCUT2D eigenvalue weighted by molar-refractivity contribution is 6.31. The molecule has 3 rings (SSSR count). The van der Waals surface area contributed by atoms with E-state index in [1.165, 1.54) is 6.42 Å². The van der Waals surface area contributed by atoms with Crippen LogP contribution in [0.5, 0.6) is 0 Å². The van der Waals surface area contributed by atoms with Gasteiger partial charge in [-0.15, -0.1) is 0 Å². The van der Waals surface area contributed by atoms with Gasteiger partial charge in [-0.05, 0) is 62.4 Å². The molecule has 2 amide bonds. The average Bonchev–Trinajstić information content (AvgIpc) is 2.74. The summed E-state index contributed by atoms with van der Waals surface area (Å²) in [7, 11) is 0. The molecule has 1 heterocycles. The van der Waals surface area contributed by atoms with Crippen molar-refractivity contribution in [2.24, 2.45) is 0 Å². The van der Waals surface area contributed by atoms with Crippen LogP contribution in [0.25, 0.3) is 0 Å². The number of carbonyl (C=O) groups is 2. The standard InChI is InChI=1S/C23H29ClN4O2/c1-16-7-6-8-17(2)23(16)27-22(30)15-26-21(29)14-25-19-13-18(24)9-10-20(19)28-11-4-3-5-12-28/h6-10,13,25H,3-5,11-12,14-15H2,1-2H3,(H,26,29)(H,27,30). The second kappa shape index (κ2) is 10.3. The molecular weight excluding hydrogens is 400 g/mol. The lowest BCUT2D eigenvalue weighted by molar-refractivity contribution is -0.122. The van der Waals surface area contributed by atoms with E-state index in [0.717, 1.165) is 54.1 Å². The average molecular weight is 429 g/mol. The lowest BCUT2D eigenvalue weighted by atomic mass is 10.1. The van der Waals surface area contributed by atoms with Gasteiger partial charge in [-0.25, -0.2) is 0 Å². The predicted octanol–water partition coefficient (Wildman–Crippen LogP) is 4.11. The largest absolute Gasteiger partial charge is 0.374 e. The number of rotatable bonds is 7. The minimum atomic E-state index is -0.253. The fourth-order valence-electron chi connectivity index (χ4n) is 3.67. The molecule has 0 bridgehead atoms. The van der Waals surface area contributed by atoms with Gasteiger partial charge in [0.15, 0.2) is 0 Å². The highest BCUT2D eigenvalue weighted by atomic mass is 35.5. The Kier molecular flexibility index (Phi) is 7.57. The zero-order valence-corrected chi connectivity index (χ0v) is 18.3. The zero-order valence-electron chi connectivity index (χ0n) is 17.6. The van der Waals surface area contributed by atoms with Gasteiger partial charge in [0, 0.05) is 23.8 Å². The molecule has 0 aromatic heterocycles. The number of hydrogen-bond donors (Lipinski definition) is 3. The summed E-state index contributed by atoms with van der Waals surface area (Å²) in [6.07, 6.45) is 3.58. The first-order valence-corrected chi connectivity index (χ1v) is 10.7. The number of para-hydroxylation sites is 1. The summed E-state index contributed by atoms with van der Waals surface area (Å²) in [6.45, 7) is 5.87. The summed E-state index contributed by atoms with van der Waals surface area (Å²) in [6, 6.07) is 11.5. The Bertz CT molecular complexity index is 890. The number of nitrogens with one attached hydrogen (secondary N) is 3. The van der Waals surface area contributed by atoms with E-state index in [0.29, 0.717) is 5.02 Å². The van der Waals surface area contributed by atoms with E-state index in [9.17, 15) is 9.59 Å². The van der Waals surface area contributed by atoms with Crippen molar-refractivity contribution in [2.75, 3.05) is 41.7 Å². The fraction of sp³-hybridized carbons (Fsp3) is 0.391. The van der Waals surface area contributed by atoms with Crippen LogP contribution in [0, 0.1) is 13.8 Å². The molecule has 1 aliphatic heterocycles. The van der Waals surface area contributed by atoms with Crippen LogP contribution >= 0.6 is 11.6 Å². The van der Waals surface area contributed by atoms with Crippen molar-refractivity contribution in [1.82, 2.24) is 5.32 Å².